The molecule has 0 aromatic carbocycles. The number of ether oxygens (including phenoxy) is 1. The van der Waals surface area contributed by atoms with Crippen molar-refractivity contribution < 1.29 is 14.3 Å². The first-order valence-electron chi connectivity index (χ1n) is 6.16. The average Bonchev–Trinajstić information content (AvgIpc) is 2.61. The van der Waals surface area contributed by atoms with Gasteiger partial charge in [-0.05, 0) is 19.8 Å². The maximum absolute atomic E-state index is 11.6. The van der Waals surface area contributed by atoms with Crippen molar-refractivity contribution in [2.24, 2.45) is 0 Å². The number of carbonyl (C=O) groups is 2. The first-order chi connectivity index (χ1) is 7.70. The van der Waals surface area contributed by atoms with Crippen molar-refractivity contribution in [2.75, 3.05) is 13.2 Å². The lowest BCUT2D eigenvalue weighted by Crippen LogP contribution is -2.40. The van der Waals surface area contributed by atoms with E-state index in [0.29, 0.717) is 26.0 Å². The van der Waals surface area contributed by atoms with E-state index in [-0.39, 0.29) is 17.9 Å². The van der Waals surface area contributed by atoms with E-state index in [2.05, 4.69) is 6.92 Å². The van der Waals surface area contributed by atoms with Crippen LogP contribution in [0.1, 0.15) is 46.0 Å². The van der Waals surface area contributed by atoms with E-state index in [4.69, 9.17) is 4.74 Å². The second kappa shape index (κ2) is 6.51. The summed E-state index contributed by atoms with van der Waals surface area (Å²) in [5.74, 6) is -0.154. The number of rotatable bonds is 6. The van der Waals surface area contributed by atoms with Gasteiger partial charge in [0.1, 0.15) is 6.04 Å². The predicted octanol–water partition coefficient (Wildman–Crippen LogP) is 1.73. The quantitative estimate of drug-likeness (QED) is 0.513. The fourth-order valence-corrected chi connectivity index (χ4v) is 2.03. The lowest BCUT2D eigenvalue weighted by molar-refractivity contribution is -0.151. The Hall–Kier alpha value is -1.06. The molecule has 92 valence electrons. The van der Waals surface area contributed by atoms with Crippen LogP contribution in [0.3, 0.4) is 0 Å². The molecule has 1 saturated heterocycles. The van der Waals surface area contributed by atoms with Gasteiger partial charge in [-0.3, -0.25) is 4.79 Å². The molecule has 1 fully saturated rings. The van der Waals surface area contributed by atoms with Gasteiger partial charge in [-0.25, -0.2) is 4.79 Å². The molecule has 16 heavy (non-hydrogen) atoms. The highest BCUT2D eigenvalue weighted by Crippen LogP contribution is 2.20. The van der Waals surface area contributed by atoms with Crippen LogP contribution in [0.4, 0.5) is 0 Å². The number of carbonyl (C=O) groups excluding carboxylic acids is 2. The standard InChI is InChI=1S/C12H21NO3/c1-3-5-6-9-13-10(7-8-11(13)14)12(15)16-4-2/h10H,3-9H2,1-2H3/t10-/m0/s1. The normalized spacial score (nSPS) is 20.2. The molecule has 0 aliphatic carbocycles. The largest absolute Gasteiger partial charge is 0.464 e. The number of hydrogen-bond acceptors (Lipinski definition) is 3. The van der Waals surface area contributed by atoms with Crippen LogP contribution >= 0.6 is 0 Å². The smallest absolute Gasteiger partial charge is 0.328 e. The Morgan fingerprint density at radius 3 is 2.81 bits per heavy atom. The molecule has 1 amide bonds. The molecular formula is C12H21NO3. The van der Waals surface area contributed by atoms with E-state index < -0.39 is 0 Å². The minimum Gasteiger partial charge on any atom is -0.464 e. The molecular weight excluding hydrogens is 206 g/mol. The maximum Gasteiger partial charge on any atom is 0.328 e. The summed E-state index contributed by atoms with van der Waals surface area (Å²) in [6, 6.07) is -0.329. The maximum atomic E-state index is 11.6. The molecule has 4 nitrogen and oxygen atoms in total. The summed E-state index contributed by atoms with van der Waals surface area (Å²) in [4.78, 5) is 24.9. The molecule has 0 aromatic heterocycles. The van der Waals surface area contributed by atoms with Crippen LogP contribution in [-0.4, -0.2) is 36.0 Å². The highest BCUT2D eigenvalue weighted by molar-refractivity contribution is 5.88. The van der Waals surface area contributed by atoms with Crippen LogP contribution in [0.2, 0.25) is 0 Å². The Balaban J connectivity index is 2.48. The van der Waals surface area contributed by atoms with E-state index >= 15 is 0 Å². The average molecular weight is 227 g/mol. The Morgan fingerprint density at radius 1 is 1.44 bits per heavy atom. The zero-order valence-electron chi connectivity index (χ0n) is 10.2. The van der Waals surface area contributed by atoms with Crippen LogP contribution in [0.15, 0.2) is 0 Å². The van der Waals surface area contributed by atoms with Crippen molar-refractivity contribution >= 4 is 11.9 Å². The molecule has 0 saturated carbocycles. The number of amides is 1. The monoisotopic (exact) mass is 227 g/mol. The van der Waals surface area contributed by atoms with Crippen LogP contribution in [0, 0.1) is 0 Å². The third-order valence-electron chi connectivity index (χ3n) is 2.89. The van der Waals surface area contributed by atoms with Crippen molar-refractivity contribution in [2.45, 2.75) is 52.0 Å². The third kappa shape index (κ3) is 3.22. The van der Waals surface area contributed by atoms with E-state index in [1.807, 2.05) is 0 Å². The van der Waals surface area contributed by atoms with Crippen LogP contribution in [0.25, 0.3) is 0 Å². The minimum absolute atomic E-state index is 0.0918. The van der Waals surface area contributed by atoms with Crippen molar-refractivity contribution in [3.8, 4) is 0 Å². The summed E-state index contributed by atoms with van der Waals surface area (Å²) in [7, 11) is 0. The topological polar surface area (TPSA) is 46.6 Å². The SMILES string of the molecule is CCCCCN1C(=O)CC[C@H]1C(=O)OCC. The van der Waals surface area contributed by atoms with Gasteiger partial charge < -0.3 is 9.64 Å². The first kappa shape index (κ1) is 13.0. The van der Waals surface area contributed by atoms with E-state index in [0.717, 1.165) is 19.3 Å². The number of unbranched alkanes of at least 4 members (excludes halogenated alkanes) is 2. The van der Waals surface area contributed by atoms with Gasteiger partial charge in [0.2, 0.25) is 5.91 Å². The van der Waals surface area contributed by atoms with Gasteiger partial charge in [0.25, 0.3) is 0 Å². The molecule has 1 heterocycles. The summed E-state index contributed by atoms with van der Waals surface area (Å²) in [5.41, 5.74) is 0. The van der Waals surface area contributed by atoms with Crippen LogP contribution < -0.4 is 0 Å². The molecule has 0 radical (unpaired) electrons. The molecule has 0 bridgehead atoms. The summed E-state index contributed by atoms with van der Waals surface area (Å²) >= 11 is 0. The fraction of sp³-hybridized carbons (Fsp3) is 0.833. The van der Waals surface area contributed by atoms with Crippen molar-refractivity contribution in [1.82, 2.24) is 4.90 Å². The Morgan fingerprint density at radius 2 is 2.19 bits per heavy atom. The predicted molar refractivity (Wildman–Crippen MR) is 60.9 cm³/mol. The lowest BCUT2D eigenvalue weighted by Gasteiger charge is -2.23. The summed E-state index contributed by atoms with van der Waals surface area (Å²) in [6.45, 7) is 4.98. The second-order valence-corrected chi connectivity index (χ2v) is 4.10. The van der Waals surface area contributed by atoms with Gasteiger partial charge in [0.05, 0.1) is 6.61 Å². The highest BCUT2D eigenvalue weighted by Gasteiger charge is 2.36. The van der Waals surface area contributed by atoms with E-state index in [1.165, 1.54) is 0 Å². The first-order valence-corrected chi connectivity index (χ1v) is 6.16. The molecule has 1 rings (SSSR count). The van der Waals surface area contributed by atoms with Gasteiger partial charge in [-0.1, -0.05) is 19.8 Å². The van der Waals surface area contributed by atoms with E-state index in [1.54, 1.807) is 11.8 Å². The molecule has 0 unspecified atom stereocenters. The number of hydrogen-bond donors (Lipinski definition) is 0. The van der Waals surface area contributed by atoms with Crippen molar-refractivity contribution in [1.29, 1.82) is 0 Å². The van der Waals surface area contributed by atoms with Gasteiger partial charge in [0.15, 0.2) is 0 Å². The fourth-order valence-electron chi connectivity index (χ4n) is 2.03. The van der Waals surface area contributed by atoms with Crippen molar-refractivity contribution in [3.05, 3.63) is 0 Å². The molecule has 0 aromatic rings. The summed E-state index contributed by atoms with van der Waals surface area (Å²) in [6.07, 6.45) is 4.28. The Kier molecular flexibility index (Phi) is 5.29. The Labute approximate surface area is 96.9 Å². The lowest BCUT2D eigenvalue weighted by atomic mass is 10.2. The van der Waals surface area contributed by atoms with Gasteiger partial charge in [-0.15, -0.1) is 0 Å². The Bertz CT molecular complexity index is 253. The zero-order valence-corrected chi connectivity index (χ0v) is 10.2. The molecule has 0 N–H and O–H groups in total. The third-order valence-corrected chi connectivity index (χ3v) is 2.89. The van der Waals surface area contributed by atoms with Gasteiger partial charge >= 0.3 is 5.97 Å². The summed E-state index contributed by atoms with van der Waals surface area (Å²) < 4.78 is 4.98. The zero-order chi connectivity index (χ0) is 12.0. The van der Waals surface area contributed by atoms with Crippen molar-refractivity contribution in [3.63, 3.8) is 0 Å². The number of nitrogens with zero attached hydrogens (tertiary/aromatic N) is 1. The molecule has 1 atom stereocenters. The number of likely N-dealkylation sites (tertiary alicyclic amines) is 1. The number of esters is 1. The van der Waals surface area contributed by atoms with Crippen LogP contribution in [0.5, 0.6) is 0 Å². The molecule has 1 aliphatic heterocycles. The second-order valence-electron chi connectivity index (χ2n) is 4.10. The van der Waals surface area contributed by atoms with Crippen LogP contribution in [-0.2, 0) is 14.3 Å². The van der Waals surface area contributed by atoms with Gasteiger partial charge in [0, 0.05) is 13.0 Å². The summed E-state index contributed by atoms with van der Waals surface area (Å²) in [5, 5.41) is 0. The van der Waals surface area contributed by atoms with Gasteiger partial charge in [-0.2, -0.15) is 0 Å². The van der Waals surface area contributed by atoms with E-state index in [9.17, 15) is 9.59 Å². The minimum atomic E-state index is -0.329. The molecule has 4 heteroatoms. The molecule has 0 spiro atoms. The molecule has 1 aliphatic rings. The highest BCUT2D eigenvalue weighted by atomic mass is 16.5.